The van der Waals surface area contributed by atoms with Gasteiger partial charge in [0, 0.05) is 24.3 Å². The van der Waals surface area contributed by atoms with E-state index in [-0.39, 0.29) is 18.7 Å². The summed E-state index contributed by atoms with van der Waals surface area (Å²) in [6, 6.07) is 11.4. The summed E-state index contributed by atoms with van der Waals surface area (Å²) < 4.78 is 9.82. The number of anilines is 1. The SMILES string of the molecule is CC(C)CCn1cc(-c2ccc3c(c2)C(=O)N(c2cccc(-c4nncn4C(C)C)n2)CO3)cn1. The molecule has 9 nitrogen and oxygen atoms in total. The van der Waals surface area contributed by atoms with Gasteiger partial charge in [-0.15, -0.1) is 10.2 Å². The fourth-order valence-electron chi connectivity index (χ4n) is 4.04. The molecule has 180 valence electrons. The first-order chi connectivity index (χ1) is 16.9. The Morgan fingerprint density at radius 2 is 1.94 bits per heavy atom. The number of pyridine rings is 1. The molecule has 0 saturated carbocycles. The van der Waals surface area contributed by atoms with Gasteiger partial charge in [0.2, 0.25) is 0 Å². The first-order valence-electron chi connectivity index (χ1n) is 11.9. The molecule has 0 bridgehead atoms. The summed E-state index contributed by atoms with van der Waals surface area (Å²) in [5, 5.41) is 12.7. The molecule has 1 amide bonds. The molecule has 0 unspecified atom stereocenters. The van der Waals surface area contributed by atoms with Crippen LogP contribution in [0.5, 0.6) is 5.75 Å². The molecule has 0 aliphatic carbocycles. The number of amides is 1. The predicted molar refractivity (Wildman–Crippen MR) is 133 cm³/mol. The Bertz CT molecular complexity index is 1360. The van der Waals surface area contributed by atoms with E-state index >= 15 is 0 Å². The fourth-order valence-corrected chi connectivity index (χ4v) is 4.04. The summed E-state index contributed by atoms with van der Waals surface area (Å²) in [5.74, 6) is 2.18. The molecule has 35 heavy (non-hydrogen) atoms. The van der Waals surface area contributed by atoms with E-state index in [9.17, 15) is 4.79 Å². The normalized spacial score (nSPS) is 13.4. The van der Waals surface area contributed by atoms with E-state index in [1.807, 2.05) is 52.0 Å². The molecule has 4 aromatic rings. The van der Waals surface area contributed by atoms with Gasteiger partial charge in [-0.1, -0.05) is 26.0 Å². The third-order valence-corrected chi connectivity index (χ3v) is 6.08. The van der Waals surface area contributed by atoms with E-state index in [2.05, 4.69) is 43.0 Å². The van der Waals surface area contributed by atoms with E-state index in [1.165, 1.54) is 4.90 Å². The summed E-state index contributed by atoms with van der Waals surface area (Å²) in [6.07, 6.45) is 6.61. The lowest BCUT2D eigenvalue weighted by molar-refractivity contribution is 0.0936. The number of fused-ring (bicyclic) bond motifs is 1. The number of aromatic nitrogens is 6. The molecule has 0 atom stereocenters. The smallest absolute Gasteiger partial charge is 0.265 e. The highest BCUT2D eigenvalue weighted by Gasteiger charge is 2.29. The molecule has 0 fully saturated rings. The van der Waals surface area contributed by atoms with Gasteiger partial charge < -0.3 is 9.30 Å². The molecule has 0 spiro atoms. The topological polar surface area (TPSA) is 91.0 Å². The van der Waals surface area contributed by atoms with Crippen LogP contribution in [0.15, 0.2) is 55.1 Å². The van der Waals surface area contributed by atoms with Crippen LogP contribution in [-0.2, 0) is 6.54 Å². The van der Waals surface area contributed by atoms with Gasteiger partial charge in [-0.05, 0) is 56.0 Å². The lowest BCUT2D eigenvalue weighted by atomic mass is 10.0. The Balaban J connectivity index is 1.42. The first-order valence-corrected chi connectivity index (χ1v) is 11.9. The standard InChI is InChI=1S/C26H29N7O2/c1-17(2)10-11-31-14-20(13-28-31)19-8-9-23-21(12-19)26(34)33(16-35-23)24-7-5-6-22(29-24)25-30-27-15-32(25)18(3)4/h5-9,12-15,17-18H,10-11,16H2,1-4H3. The number of hydrogen-bond donors (Lipinski definition) is 0. The van der Waals surface area contributed by atoms with Crippen LogP contribution >= 0.6 is 0 Å². The number of carbonyl (C=O) groups excluding carboxylic acids is 1. The second-order valence-electron chi connectivity index (χ2n) is 9.43. The summed E-state index contributed by atoms with van der Waals surface area (Å²) in [5.41, 5.74) is 3.04. The fraction of sp³-hybridized carbons (Fsp3) is 0.346. The summed E-state index contributed by atoms with van der Waals surface area (Å²) in [7, 11) is 0. The monoisotopic (exact) mass is 471 g/mol. The largest absolute Gasteiger partial charge is 0.472 e. The molecule has 0 radical (unpaired) electrons. The highest BCUT2D eigenvalue weighted by molar-refractivity contribution is 6.09. The maximum absolute atomic E-state index is 13.5. The maximum Gasteiger partial charge on any atom is 0.265 e. The quantitative estimate of drug-likeness (QED) is 0.384. The highest BCUT2D eigenvalue weighted by Crippen LogP contribution is 2.32. The minimum Gasteiger partial charge on any atom is -0.472 e. The third kappa shape index (κ3) is 4.53. The van der Waals surface area contributed by atoms with Crippen molar-refractivity contribution in [3.05, 3.63) is 60.7 Å². The predicted octanol–water partition coefficient (Wildman–Crippen LogP) is 4.83. The van der Waals surface area contributed by atoms with Crippen LogP contribution in [0.4, 0.5) is 5.82 Å². The second kappa shape index (κ2) is 9.32. The molecule has 1 aliphatic rings. The van der Waals surface area contributed by atoms with E-state index < -0.39 is 0 Å². The number of carbonyl (C=O) groups is 1. The number of hydrogen-bond acceptors (Lipinski definition) is 6. The zero-order valence-electron chi connectivity index (χ0n) is 20.4. The zero-order valence-corrected chi connectivity index (χ0v) is 20.4. The lowest BCUT2D eigenvalue weighted by Crippen LogP contribution is -2.39. The Morgan fingerprint density at radius 3 is 2.74 bits per heavy atom. The number of nitrogens with zero attached hydrogens (tertiary/aromatic N) is 7. The molecule has 0 N–H and O–H groups in total. The molecule has 3 aromatic heterocycles. The second-order valence-corrected chi connectivity index (χ2v) is 9.43. The number of ether oxygens (including phenoxy) is 1. The van der Waals surface area contributed by atoms with E-state index in [0.29, 0.717) is 34.6 Å². The number of rotatable bonds is 7. The maximum atomic E-state index is 13.5. The summed E-state index contributed by atoms with van der Waals surface area (Å²) >= 11 is 0. The van der Waals surface area contributed by atoms with Crippen LogP contribution in [0.1, 0.15) is 50.5 Å². The van der Waals surface area contributed by atoms with Crippen molar-refractivity contribution in [2.45, 2.75) is 46.7 Å². The van der Waals surface area contributed by atoms with Gasteiger partial charge in [0.15, 0.2) is 12.6 Å². The van der Waals surface area contributed by atoms with Crippen molar-refractivity contribution in [1.29, 1.82) is 0 Å². The van der Waals surface area contributed by atoms with Crippen molar-refractivity contribution < 1.29 is 9.53 Å². The van der Waals surface area contributed by atoms with Gasteiger partial charge in [-0.25, -0.2) is 4.98 Å². The van der Waals surface area contributed by atoms with Crippen LogP contribution in [0.2, 0.25) is 0 Å². The Morgan fingerprint density at radius 1 is 1.09 bits per heavy atom. The Hall–Kier alpha value is -4.01. The third-order valence-electron chi connectivity index (χ3n) is 6.08. The van der Waals surface area contributed by atoms with Crippen molar-refractivity contribution in [2.24, 2.45) is 5.92 Å². The molecule has 1 aliphatic heterocycles. The zero-order chi connectivity index (χ0) is 24.5. The molecule has 1 aromatic carbocycles. The summed E-state index contributed by atoms with van der Waals surface area (Å²) in [6.45, 7) is 9.47. The van der Waals surface area contributed by atoms with Gasteiger partial charge >= 0.3 is 0 Å². The minimum absolute atomic E-state index is 0.0889. The van der Waals surface area contributed by atoms with Gasteiger partial charge in [0.25, 0.3) is 5.91 Å². The Kier molecular flexibility index (Phi) is 6.07. The van der Waals surface area contributed by atoms with Crippen molar-refractivity contribution in [1.82, 2.24) is 29.5 Å². The van der Waals surface area contributed by atoms with Crippen LogP contribution in [0, 0.1) is 5.92 Å². The van der Waals surface area contributed by atoms with Crippen molar-refractivity contribution in [2.75, 3.05) is 11.6 Å². The van der Waals surface area contributed by atoms with Crippen LogP contribution < -0.4 is 9.64 Å². The number of aryl methyl sites for hydroxylation is 1. The van der Waals surface area contributed by atoms with Crippen LogP contribution in [0.3, 0.4) is 0 Å². The number of benzene rings is 1. The van der Waals surface area contributed by atoms with E-state index in [0.717, 1.165) is 24.1 Å². The Labute approximate surface area is 204 Å². The van der Waals surface area contributed by atoms with E-state index in [4.69, 9.17) is 9.72 Å². The van der Waals surface area contributed by atoms with Gasteiger partial charge in [0.05, 0.1) is 11.8 Å². The molecular weight excluding hydrogens is 442 g/mol. The van der Waals surface area contributed by atoms with Gasteiger partial charge in [-0.3, -0.25) is 14.4 Å². The molecular formula is C26H29N7O2. The summed E-state index contributed by atoms with van der Waals surface area (Å²) in [4.78, 5) is 19.8. The minimum atomic E-state index is -0.157. The molecule has 4 heterocycles. The van der Waals surface area contributed by atoms with Crippen molar-refractivity contribution in [3.8, 4) is 28.4 Å². The van der Waals surface area contributed by atoms with Crippen molar-refractivity contribution >= 4 is 11.7 Å². The molecule has 0 saturated heterocycles. The molecule has 5 rings (SSSR count). The van der Waals surface area contributed by atoms with Gasteiger partial charge in [0.1, 0.15) is 23.6 Å². The van der Waals surface area contributed by atoms with Crippen molar-refractivity contribution in [3.63, 3.8) is 0 Å². The highest BCUT2D eigenvalue weighted by atomic mass is 16.5. The lowest BCUT2D eigenvalue weighted by Gasteiger charge is -2.28. The van der Waals surface area contributed by atoms with Gasteiger partial charge in [-0.2, -0.15) is 5.10 Å². The van der Waals surface area contributed by atoms with Crippen LogP contribution in [-0.4, -0.2) is 42.2 Å². The van der Waals surface area contributed by atoms with Crippen LogP contribution in [0.25, 0.3) is 22.6 Å². The van der Waals surface area contributed by atoms with E-state index in [1.54, 1.807) is 12.4 Å². The first kappa shape index (κ1) is 22.8. The average molecular weight is 472 g/mol. The average Bonchev–Trinajstić information content (AvgIpc) is 3.53. The molecule has 9 heteroatoms.